The van der Waals surface area contributed by atoms with Crippen LogP contribution < -0.4 is 5.32 Å². The lowest BCUT2D eigenvalue weighted by Gasteiger charge is -2.19. The summed E-state index contributed by atoms with van der Waals surface area (Å²) >= 11 is 2.77. The molecule has 2 unspecified atom stereocenters. The van der Waals surface area contributed by atoms with Crippen molar-refractivity contribution in [3.8, 4) is 0 Å². The minimum atomic E-state index is -3.62. The Kier molecular flexibility index (Phi) is 4.93. The molecule has 1 aliphatic heterocycles. The third-order valence-corrected chi connectivity index (χ3v) is 10.4. The van der Waals surface area contributed by atoms with Crippen LogP contribution in [0.25, 0.3) is 0 Å². The van der Waals surface area contributed by atoms with Gasteiger partial charge in [0, 0.05) is 17.5 Å². The molecule has 2 atom stereocenters. The van der Waals surface area contributed by atoms with Gasteiger partial charge in [0.15, 0.2) is 19.7 Å². The molecule has 2 aromatic rings. The highest BCUT2D eigenvalue weighted by molar-refractivity contribution is 7.97. The molecule has 3 heterocycles. The normalized spacial score (nSPS) is 24.0. The molecule has 0 aromatic carbocycles. The van der Waals surface area contributed by atoms with Gasteiger partial charge < -0.3 is 5.32 Å². The summed E-state index contributed by atoms with van der Waals surface area (Å²) in [5.74, 6) is -0.420. The molecule has 2 aromatic heterocycles. The maximum absolute atomic E-state index is 12.7. The van der Waals surface area contributed by atoms with Gasteiger partial charge in [-0.25, -0.2) is 16.8 Å². The van der Waals surface area contributed by atoms with Gasteiger partial charge in [-0.05, 0) is 29.3 Å². The quantitative estimate of drug-likeness (QED) is 0.809. The van der Waals surface area contributed by atoms with Crippen molar-refractivity contribution >= 4 is 42.3 Å². The van der Waals surface area contributed by atoms with Gasteiger partial charge in [0.05, 0.1) is 16.8 Å². The Morgan fingerprint density at radius 2 is 1.87 bits per heavy atom. The summed E-state index contributed by atoms with van der Waals surface area (Å²) in [7, 11) is -6.96. The van der Waals surface area contributed by atoms with Crippen LogP contribution in [-0.2, 0) is 26.1 Å². The van der Waals surface area contributed by atoms with Gasteiger partial charge in [-0.3, -0.25) is 0 Å². The van der Waals surface area contributed by atoms with E-state index in [2.05, 4.69) is 5.32 Å². The number of thiophene rings is 2. The maximum Gasteiger partial charge on any atom is 0.193 e. The van der Waals surface area contributed by atoms with E-state index in [1.54, 1.807) is 22.8 Å². The zero-order valence-electron chi connectivity index (χ0n) is 12.2. The van der Waals surface area contributed by atoms with E-state index in [-0.39, 0.29) is 15.7 Å². The van der Waals surface area contributed by atoms with Crippen molar-refractivity contribution in [1.29, 1.82) is 0 Å². The predicted molar refractivity (Wildman–Crippen MR) is 93.8 cm³/mol. The molecule has 126 valence electrons. The molecule has 0 amide bonds. The Morgan fingerprint density at radius 1 is 1.13 bits per heavy atom. The average Bonchev–Trinajstić information content (AvgIpc) is 3.19. The van der Waals surface area contributed by atoms with Crippen molar-refractivity contribution in [3.05, 3.63) is 39.9 Å². The van der Waals surface area contributed by atoms with Gasteiger partial charge in [0.1, 0.15) is 4.21 Å². The van der Waals surface area contributed by atoms with Gasteiger partial charge >= 0.3 is 0 Å². The van der Waals surface area contributed by atoms with Gasteiger partial charge in [-0.2, -0.15) is 0 Å². The minimum absolute atomic E-state index is 0.118. The van der Waals surface area contributed by atoms with E-state index in [0.717, 1.165) is 17.8 Å². The summed E-state index contributed by atoms with van der Waals surface area (Å²) in [6.45, 7) is 0.567. The first-order valence-corrected chi connectivity index (χ1v) is 12.2. The van der Waals surface area contributed by atoms with Crippen LogP contribution in [0.2, 0.25) is 0 Å². The summed E-state index contributed by atoms with van der Waals surface area (Å²) in [6, 6.07) is 6.63. The van der Waals surface area contributed by atoms with Crippen molar-refractivity contribution in [1.82, 2.24) is 5.32 Å². The molecule has 0 aliphatic carbocycles. The summed E-state index contributed by atoms with van der Waals surface area (Å²) in [5, 5.41) is 5.91. The molecule has 23 heavy (non-hydrogen) atoms. The van der Waals surface area contributed by atoms with Gasteiger partial charge in [0.25, 0.3) is 0 Å². The van der Waals surface area contributed by atoms with E-state index in [9.17, 15) is 16.8 Å². The van der Waals surface area contributed by atoms with Crippen molar-refractivity contribution in [2.45, 2.75) is 21.9 Å². The predicted octanol–water partition coefficient (Wildman–Crippen LogP) is 1.58. The molecular formula is C14H17NO4S4. The number of sulfone groups is 2. The van der Waals surface area contributed by atoms with Gasteiger partial charge in [-0.15, -0.1) is 22.7 Å². The lowest BCUT2D eigenvalue weighted by Crippen LogP contribution is -2.43. The molecule has 0 spiro atoms. The molecule has 1 saturated heterocycles. The van der Waals surface area contributed by atoms with Crippen LogP contribution in [0, 0.1) is 0 Å². The third kappa shape index (κ3) is 3.85. The SMILES string of the molecule is O=S1(=O)CC(NCCc2cccs2)C(S(=O)(=O)c2cccs2)C1. The van der Waals surface area contributed by atoms with E-state index >= 15 is 0 Å². The molecule has 5 nitrogen and oxygen atoms in total. The molecule has 0 saturated carbocycles. The summed E-state index contributed by atoms with van der Waals surface area (Å²) in [5.41, 5.74) is 0. The largest absolute Gasteiger partial charge is 0.311 e. The zero-order valence-corrected chi connectivity index (χ0v) is 15.5. The van der Waals surface area contributed by atoms with E-state index in [1.807, 2.05) is 17.5 Å². The summed E-state index contributed by atoms with van der Waals surface area (Å²) in [4.78, 5) is 1.19. The number of nitrogens with one attached hydrogen (secondary N) is 1. The van der Waals surface area contributed by atoms with Gasteiger partial charge in [-0.1, -0.05) is 12.1 Å². The highest BCUT2D eigenvalue weighted by Crippen LogP contribution is 2.28. The summed E-state index contributed by atoms with van der Waals surface area (Å²) < 4.78 is 49.5. The third-order valence-electron chi connectivity index (χ3n) is 3.83. The van der Waals surface area contributed by atoms with Crippen molar-refractivity contribution < 1.29 is 16.8 Å². The monoisotopic (exact) mass is 391 g/mol. The second kappa shape index (κ2) is 6.64. The second-order valence-electron chi connectivity index (χ2n) is 5.48. The highest BCUT2D eigenvalue weighted by Gasteiger charge is 2.45. The Morgan fingerprint density at radius 3 is 2.52 bits per heavy atom. The number of hydrogen-bond donors (Lipinski definition) is 1. The topological polar surface area (TPSA) is 80.3 Å². The Balaban J connectivity index is 1.74. The van der Waals surface area contributed by atoms with Crippen LogP contribution >= 0.6 is 22.7 Å². The Bertz CT molecular complexity index is 839. The average molecular weight is 392 g/mol. The first kappa shape index (κ1) is 17.1. The van der Waals surface area contributed by atoms with E-state index in [4.69, 9.17) is 0 Å². The van der Waals surface area contributed by atoms with Crippen LogP contribution in [0.15, 0.2) is 39.2 Å². The van der Waals surface area contributed by atoms with Crippen LogP contribution in [-0.4, -0.2) is 46.2 Å². The van der Waals surface area contributed by atoms with Crippen LogP contribution in [0.5, 0.6) is 0 Å². The first-order chi connectivity index (χ1) is 10.9. The second-order valence-corrected chi connectivity index (χ2v) is 12.0. The van der Waals surface area contributed by atoms with Crippen LogP contribution in [0.3, 0.4) is 0 Å². The lowest BCUT2D eigenvalue weighted by atomic mass is 10.2. The molecule has 0 bridgehead atoms. The zero-order chi connectivity index (χ0) is 16.5. The molecule has 9 heteroatoms. The molecule has 1 N–H and O–H groups in total. The fraction of sp³-hybridized carbons (Fsp3) is 0.429. The number of rotatable bonds is 6. The molecule has 3 rings (SSSR count). The van der Waals surface area contributed by atoms with Crippen molar-refractivity contribution in [2.24, 2.45) is 0 Å². The van der Waals surface area contributed by atoms with Crippen molar-refractivity contribution in [3.63, 3.8) is 0 Å². The lowest BCUT2D eigenvalue weighted by molar-refractivity contribution is 0.530. The van der Waals surface area contributed by atoms with E-state index in [0.29, 0.717) is 6.54 Å². The Hall–Kier alpha value is -0.740. The smallest absolute Gasteiger partial charge is 0.193 e. The Labute approximate surface area is 144 Å². The maximum atomic E-state index is 12.7. The molecule has 0 radical (unpaired) electrons. The van der Waals surface area contributed by atoms with Crippen molar-refractivity contribution in [2.75, 3.05) is 18.1 Å². The fourth-order valence-corrected chi connectivity index (χ4v) is 9.37. The van der Waals surface area contributed by atoms with E-state index < -0.39 is 31.0 Å². The standard InChI is InChI=1S/C14H17NO4S4/c16-22(17)9-12(15-6-5-11-3-1-7-20-11)13(10-22)23(18,19)14-4-2-8-21-14/h1-4,7-8,12-13,15H,5-6,9-10H2. The molecule has 1 aliphatic rings. The fourth-order valence-electron chi connectivity index (χ4n) is 2.72. The first-order valence-electron chi connectivity index (χ1n) is 7.12. The molecule has 1 fully saturated rings. The molecular weight excluding hydrogens is 374 g/mol. The minimum Gasteiger partial charge on any atom is -0.311 e. The van der Waals surface area contributed by atoms with Gasteiger partial charge in [0.2, 0.25) is 0 Å². The number of hydrogen-bond acceptors (Lipinski definition) is 7. The highest BCUT2D eigenvalue weighted by atomic mass is 32.2. The van der Waals surface area contributed by atoms with Crippen LogP contribution in [0.1, 0.15) is 4.88 Å². The summed E-state index contributed by atoms with van der Waals surface area (Å²) in [6.07, 6.45) is 0.764. The van der Waals surface area contributed by atoms with E-state index in [1.165, 1.54) is 10.9 Å². The van der Waals surface area contributed by atoms with Crippen LogP contribution in [0.4, 0.5) is 0 Å².